The molecule has 0 bridgehead atoms. The highest BCUT2D eigenvalue weighted by Crippen LogP contribution is 2.33. The molecule has 7 heteroatoms. The number of benzene rings is 1. The van der Waals surface area contributed by atoms with Crippen molar-refractivity contribution in [2.75, 3.05) is 0 Å². The highest BCUT2D eigenvalue weighted by atomic mass is 19.4. The average molecular weight is 441 g/mol. The van der Waals surface area contributed by atoms with Gasteiger partial charge in [0, 0.05) is 34.6 Å². The Morgan fingerprint density at radius 2 is 1.59 bits per heavy atom. The number of nitrogens with one attached hydrogen (secondary N) is 1. The smallest absolute Gasteiger partial charge is 0.347 e. The first-order chi connectivity index (χ1) is 14.8. The normalized spacial score (nSPS) is 12.2. The molecule has 168 valence electrons. The van der Waals surface area contributed by atoms with Gasteiger partial charge in [-0.3, -0.25) is 9.78 Å². The second-order valence-corrected chi connectivity index (χ2v) is 9.02. The van der Waals surface area contributed by atoms with Gasteiger partial charge in [0.25, 0.3) is 5.91 Å². The number of rotatable bonds is 4. The van der Waals surface area contributed by atoms with E-state index in [2.05, 4.69) is 15.3 Å². The number of nitrogens with zero attached hydrogens (tertiary/aromatic N) is 2. The lowest BCUT2D eigenvalue weighted by molar-refractivity contribution is -0.137. The molecule has 0 aliphatic heterocycles. The topological polar surface area (TPSA) is 54.9 Å². The maximum absolute atomic E-state index is 13.0. The quantitative estimate of drug-likeness (QED) is 0.504. The van der Waals surface area contributed by atoms with Crippen LogP contribution < -0.4 is 5.32 Å². The molecule has 0 unspecified atom stereocenters. The zero-order valence-corrected chi connectivity index (χ0v) is 18.7. The minimum absolute atomic E-state index is 0.191. The molecule has 3 rings (SSSR count). The summed E-state index contributed by atoms with van der Waals surface area (Å²) < 4.78 is 38.9. The summed E-state index contributed by atoms with van der Waals surface area (Å²) in [5.74, 6) is -0.0966. The van der Waals surface area contributed by atoms with Crippen molar-refractivity contribution in [1.82, 2.24) is 15.3 Å². The molecule has 0 saturated heterocycles. The number of carbonyl (C=O) groups excluding carboxylic acids is 1. The van der Waals surface area contributed by atoms with Crippen LogP contribution in [0.4, 0.5) is 13.2 Å². The van der Waals surface area contributed by atoms with Crippen LogP contribution in [0.5, 0.6) is 0 Å². The van der Waals surface area contributed by atoms with Gasteiger partial charge in [-0.15, -0.1) is 0 Å². The monoisotopic (exact) mass is 441 g/mol. The summed E-state index contributed by atoms with van der Waals surface area (Å²) in [6.45, 7) is 9.73. The molecular formula is C25H26F3N3O. The summed E-state index contributed by atoms with van der Waals surface area (Å²) in [6.07, 6.45) is -1.03. The van der Waals surface area contributed by atoms with E-state index >= 15 is 0 Å². The van der Waals surface area contributed by atoms with Crippen molar-refractivity contribution in [2.45, 2.75) is 52.3 Å². The van der Waals surface area contributed by atoms with E-state index < -0.39 is 17.3 Å². The molecule has 0 fully saturated rings. The number of amides is 1. The van der Waals surface area contributed by atoms with E-state index in [-0.39, 0.29) is 11.8 Å². The molecule has 2 aromatic heterocycles. The van der Waals surface area contributed by atoms with Crippen LogP contribution in [0.15, 0.2) is 54.9 Å². The van der Waals surface area contributed by atoms with Gasteiger partial charge in [0.1, 0.15) is 0 Å². The lowest BCUT2D eigenvalue weighted by Gasteiger charge is -2.21. The Hall–Kier alpha value is -3.22. The fourth-order valence-electron chi connectivity index (χ4n) is 3.31. The lowest BCUT2D eigenvalue weighted by atomic mass is 9.95. The highest BCUT2D eigenvalue weighted by molar-refractivity contribution is 5.96. The molecule has 1 aromatic carbocycles. The van der Waals surface area contributed by atoms with E-state index in [0.717, 1.165) is 23.3 Å². The molecule has 1 N–H and O–H groups in total. The first kappa shape index (κ1) is 23.4. The summed E-state index contributed by atoms with van der Waals surface area (Å²) >= 11 is 0. The summed E-state index contributed by atoms with van der Waals surface area (Å²) in [4.78, 5) is 21.8. The van der Waals surface area contributed by atoms with E-state index in [1.165, 1.54) is 12.1 Å². The van der Waals surface area contributed by atoms with Crippen LogP contribution in [-0.2, 0) is 6.18 Å². The first-order valence-corrected chi connectivity index (χ1v) is 10.3. The van der Waals surface area contributed by atoms with Gasteiger partial charge in [0.15, 0.2) is 0 Å². The maximum Gasteiger partial charge on any atom is 0.416 e. The minimum atomic E-state index is -4.42. The van der Waals surface area contributed by atoms with Crippen LogP contribution in [0.25, 0.3) is 22.5 Å². The number of hydrogen-bond acceptors (Lipinski definition) is 3. The van der Waals surface area contributed by atoms with Crippen molar-refractivity contribution in [3.05, 3.63) is 71.5 Å². The molecule has 32 heavy (non-hydrogen) atoms. The van der Waals surface area contributed by atoms with Gasteiger partial charge in [0.2, 0.25) is 0 Å². The van der Waals surface area contributed by atoms with Gasteiger partial charge in [-0.25, -0.2) is 4.98 Å². The SMILES string of the molecule is CC(C)c1ccncc1-c1cc(C(=O)NC(C)(C)C)cc(-c2ccc(C(F)(F)F)cc2)n1. The van der Waals surface area contributed by atoms with E-state index in [9.17, 15) is 18.0 Å². The molecule has 0 atom stereocenters. The van der Waals surface area contributed by atoms with Crippen molar-refractivity contribution < 1.29 is 18.0 Å². The molecule has 2 heterocycles. The predicted octanol–water partition coefficient (Wildman–Crippen LogP) is 6.48. The predicted molar refractivity (Wildman–Crippen MR) is 119 cm³/mol. The largest absolute Gasteiger partial charge is 0.416 e. The highest BCUT2D eigenvalue weighted by Gasteiger charge is 2.30. The molecule has 0 aliphatic carbocycles. The van der Waals surface area contributed by atoms with Gasteiger partial charge in [-0.05, 0) is 62.6 Å². The van der Waals surface area contributed by atoms with E-state index in [1.54, 1.807) is 24.5 Å². The lowest BCUT2D eigenvalue weighted by Crippen LogP contribution is -2.40. The third-order valence-corrected chi connectivity index (χ3v) is 4.84. The molecule has 4 nitrogen and oxygen atoms in total. The van der Waals surface area contributed by atoms with Crippen LogP contribution in [0.1, 0.15) is 62.0 Å². The second kappa shape index (κ2) is 8.73. The Morgan fingerprint density at radius 1 is 0.969 bits per heavy atom. The Labute approximate surface area is 185 Å². The molecule has 0 radical (unpaired) electrons. The van der Waals surface area contributed by atoms with Crippen molar-refractivity contribution in [3.63, 3.8) is 0 Å². The Kier molecular flexibility index (Phi) is 6.39. The fourth-order valence-corrected chi connectivity index (χ4v) is 3.31. The van der Waals surface area contributed by atoms with Gasteiger partial charge in [-0.2, -0.15) is 13.2 Å². The van der Waals surface area contributed by atoms with E-state index in [4.69, 9.17) is 0 Å². The standard InChI is InChI=1S/C25H26F3N3O/c1-15(2)19-10-11-29-14-20(19)22-13-17(23(32)31-24(3,4)5)12-21(30-22)16-6-8-18(9-7-16)25(26,27)28/h6-15H,1-5H3,(H,31,32). The van der Waals surface area contributed by atoms with Gasteiger partial charge in [0.05, 0.1) is 17.0 Å². The number of hydrogen-bond donors (Lipinski definition) is 1. The van der Waals surface area contributed by atoms with Crippen molar-refractivity contribution >= 4 is 5.91 Å². The Balaban J connectivity index is 2.17. The zero-order chi connectivity index (χ0) is 23.7. The van der Waals surface area contributed by atoms with Gasteiger partial charge < -0.3 is 5.32 Å². The Bertz CT molecular complexity index is 1110. The van der Waals surface area contributed by atoms with Crippen molar-refractivity contribution in [2.24, 2.45) is 0 Å². The maximum atomic E-state index is 13.0. The molecule has 0 spiro atoms. The third kappa shape index (κ3) is 5.52. The fraction of sp³-hybridized carbons (Fsp3) is 0.320. The van der Waals surface area contributed by atoms with Gasteiger partial charge >= 0.3 is 6.18 Å². The summed E-state index contributed by atoms with van der Waals surface area (Å²) in [7, 11) is 0. The van der Waals surface area contributed by atoms with Crippen molar-refractivity contribution in [3.8, 4) is 22.5 Å². The summed E-state index contributed by atoms with van der Waals surface area (Å²) in [5, 5.41) is 2.93. The minimum Gasteiger partial charge on any atom is -0.347 e. The van der Waals surface area contributed by atoms with Crippen LogP contribution >= 0.6 is 0 Å². The van der Waals surface area contributed by atoms with Crippen LogP contribution in [-0.4, -0.2) is 21.4 Å². The van der Waals surface area contributed by atoms with Crippen LogP contribution in [0.2, 0.25) is 0 Å². The number of alkyl halides is 3. The summed E-state index contributed by atoms with van der Waals surface area (Å²) in [6, 6.07) is 9.96. The molecular weight excluding hydrogens is 415 g/mol. The molecule has 0 saturated carbocycles. The average Bonchev–Trinajstić information content (AvgIpc) is 2.71. The van der Waals surface area contributed by atoms with Crippen LogP contribution in [0, 0.1) is 0 Å². The molecule has 1 amide bonds. The van der Waals surface area contributed by atoms with E-state index in [1.807, 2.05) is 40.7 Å². The van der Waals surface area contributed by atoms with E-state index in [0.29, 0.717) is 22.5 Å². The molecule has 0 aliphatic rings. The first-order valence-electron chi connectivity index (χ1n) is 10.3. The second-order valence-electron chi connectivity index (χ2n) is 9.02. The summed E-state index contributed by atoms with van der Waals surface area (Å²) in [5.41, 5.74) is 2.41. The third-order valence-electron chi connectivity index (χ3n) is 4.84. The zero-order valence-electron chi connectivity index (χ0n) is 18.7. The molecule has 3 aromatic rings. The number of carbonyl (C=O) groups is 1. The van der Waals surface area contributed by atoms with Crippen LogP contribution in [0.3, 0.4) is 0 Å². The van der Waals surface area contributed by atoms with Gasteiger partial charge in [-0.1, -0.05) is 26.0 Å². The van der Waals surface area contributed by atoms with Crippen molar-refractivity contribution in [1.29, 1.82) is 0 Å². The number of halogens is 3. The number of pyridine rings is 2. The Morgan fingerprint density at radius 3 is 2.16 bits per heavy atom. The number of aromatic nitrogens is 2.